The zero-order valence-corrected chi connectivity index (χ0v) is 9.68. The smallest absolute Gasteiger partial charge is 0.307 e. The van der Waals surface area contributed by atoms with E-state index in [9.17, 15) is 15.2 Å². The van der Waals surface area contributed by atoms with Gasteiger partial charge in [-0.3, -0.25) is 16.0 Å². The van der Waals surface area contributed by atoms with E-state index in [4.69, 9.17) is 10.9 Å². The van der Waals surface area contributed by atoms with Crippen LogP contribution in [0.2, 0.25) is 0 Å². The van der Waals surface area contributed by atoms with Crippen molar-refractivity contribution >= 4 is 23.1 Å². The van der Waals surface area contributed by atoms with Gasteiger partial charge in [0.25, 0.3) is 0 Å². The molecule has 94 valence electrons. The molecule has 8 heteroatoms. The number of nitrogens with zero attached hydrogens (tertiary/aromatic N) is 1. The fourth-order valence-electron chi connectivity index (χ4n) is 1.18. The number of hydrazine groups is 1. The number of anilines is 1. The van der Waals surface area contributed by atoms with Gasteiger partial charge in [-0.05, 0) is 12.1 Å². The maximum Gasteiger partial charge on any atom is 0.307 e. The van der Waals surface area contributed by atoms with E-state index in [-0.39, 0.29) is 23.7 Å². The molecule has 1 aromatic carbocycles. The fraction of sp³-hybridized carbons (Fsp3) is 0.333. The number of para-hydroxylation sites is 1. The number of nitrogens with one attached hydrogen (secondary N) is 1. The predicted octanol–water partition coefficient (Wildman–Crippen LogP) is 0.326. The SMILES string of the molecule is NNc1cccc(SCC(O)CO)c1[N+](=O)[O-]. The Morgan fingerprint density at radius 1 is 1.59 bits per heavy atom. The van der Waals surface area contributed by atoms with Gasteiger partial charge < -0.3 is 15.6 Å². The third-order valence-electron chi connectivity index (χ3n) is 1.98. The third kappa shape index (κ3) is 3.56. The van der Waals surface area contributed by atoms with Crippen molar-refractivity contribution in [2.75, 3.05) is 17.8 Å². The molecule has 0 radical (unpaired) electrons. The quantitative estimate of drug-likeness (QED) is 0.251. The number of hydrogen-bond acceptors (Lipinski definition) is 7. The molecule has 1 rings (SSSR count). The lowest BCUT2D eigenvalue weighted by Gasteiger charge is -2.09. The van der Waals surface area contributed by atoms with Gasteiger partial charge in [0.2, 0.25) is 0 Å². The van der Waals surface area contributed by atoms with Crippen LogP contribution in [0.1, 0.15) is 0 Å². The highest BCUT2D eigenvalue weighted by Crippen LogP contribution is 2.35. The van der Waals surface area contributed by atoms with Crippen LogP contribution in [-0.4, -0.2) is 33.6 Å². The second-order valence-corrected chi connectivity index (χ2v) is 4.26. The Labute approximate surface area is 102 Å². The number of nitrogen functional groups attached to an aromatic ring is 1. The summed E-state index contributed by atoms with van der Waals surface area (Å²) in [6, 6.07) is 4.67. The van der Waals surface area contributed by atoms with Crippen molar-refractivity contribution in [1.29, 1.82) is 0 Å². The molecule has 0 amide bonds. The van der Waals surface area contributed by atoms with Crippen LogP contribution in [0.4, 0.5) is 11.4 Å². The molecule has 0 fully saturated rings. The van der Waals surface area contributed by atoms with Gasteiger partial charge in [0.05, 0.1) is 22.5 Å². The minimum absolute atomic E-state index is 0.134. The highest BCUT2D eigenvalue weighted by atomic mass is 32.2. The van der Waals surface area contributed by atoms with Gasteiger partial charge in [-0.15, -0.1) is 11.8 Å². The molecule has 1 atom stereocenters. The fourth-order valence-corrected chi connectivity index (χ4v) is 2.16. The van der Waals surface area contributed by atoms with E-state index >= 15 is 0 Å². The second kappa shape index (κ2) is 6.40. The molecule has 0 aliphatic rings. The first kappa shape index (κ1) is 13.7. The summed E-state index contributed by atoms with van der Waals surface area (Å²) >= 11 is 1.09. The van der Waals surface area contributed by atoms with E-state index in [1.165, 1.54) is 6.07 Å². The number of benzene rings is 1. The van der Waals surface area contributed by atoms with Gasteiger partial charge in [-0.25, -0.2) is 0 Å². The van der Waals surface area contributed by atoms with Gasteiger partial charge >= 0.3 is 5.69 Å². The molecule has 0 spiro atoms. The molecular formula is C9H13N3O4S. The molecule has 5 N–H and O–H groups in total. The van der Waals surface area contributed by atoms with Crippen molar-refractivity contribution in [1.82, 2.24) is 0 Å². The van der Waals surface area contributed by atoms with Crippen LogP contribution in [0, 0.1) is 10.1 Å². The van der Waals surface area contributed by atoms with E-state index in [1.54, 1.807) is 12.1 Å². The highest BCUT2D eigenvalue weighted by molar-refractivity contribution is 7.99. The van der Waals surface area contributed by atoms with Crippen molar-refractivity contribution in [3.05, 3.63) is 28.3 Å². The summed E-state index contributed by atoms with van der Waals surface area (Å²) in [6.45, 7) is -0.379. The molecule has 0 aliphatic carbocycles. The average molecular weight is 259 g/mol. The number of hydrogen-bond donors (Lipinski definition) is 4. The first-order valence-corrected chi connectivity index (χ1v) is 5.74. The van der Waals surface area contributed by atoms with E-state index in [1.807, 2.05) is 0 Å². The number of nitro benzene ring substituents is 1. The molecule has 0 bridgehead atoms. The Hall–Kier alpha value is -1.35. The Balaban J connectivity index is 2.94. The number of aliphatic hydroxyl groups is 2. The van der Waals surface area contributed by atoms with Gasteiger partial charge in [0.15, 0.2) is 0 Å². The summed E-state index contributed by atoms with van der Waals surface area (Å²) in [5.74, 6) is 5.36. The molecule has 0 heterocycles. The zero-order chi connectivity index (χ0) is 12.8. The summed E-state index contributed by atoms with van der Waals surface area (Å²) in [5.41, 5.74) is 2.32. The van der Waals surface area contributed by atoms with Gasteiger partial charge in [-0.1, -0.05) is 6.07 Å². The van der Waals surface area contributed by atoms with Crippen molar-refractivity contribution < 1.29 is 15.1 Å². The van der Waals surface area contributed by atoms with E-state index < -0.39 is 11.0 Å². The Morgan fingerprint density at radius 2 is 2.29 bits per heavy atom. The van der Waals surface area contributed by atoms with Gasteiger partial charge in [0.1, 0.15) is 5.69 Å². The van der Waals surface area contributed by atoms with E-state index in [0.717, 1.165) is 11.8 Å². The number of nitro groups is 1. The summed E-state index contributed by atoms with van der Waals surface area (Å²) in [4.78, 5) is 10.7. The van der Waals surface area contributed by atoms with E-state index in [0.29, 0.717) is 4.90 Å². The van der Waals surface area contributed by atoms with Crippen molar-refractivity contribution in [2.24, 2.45) is 5.84 Å². The minimum atomic E-state index is -0.908. The molecule has 0 aliphatic heterocycles. The number of rotatable bonds is 6. The van der Waals surface area contributed by atoms with Crippen LogP contribution in [0.25, 0.3) is 0 Å². The average Bonchev–Trinajstić information content (AvgIpc) is 2.34. The maximum atomic E-state index is 10.9. The Bertz CT molecular complexity index is 402. The van der Waals surface area contributed by atoms with Crippen LogP contribution in [0.3, 0.4) is 0 Å². The lowest BCUT2D eigenvalue weighted by molar-refractivity contribution is -0.386. The monoisotopic (exact) mass is 259 g/mol. The Kier molecular flexibility index (Phi) is 5.16. The molecule has 1 aromatic rings. The van der Waals surface area contributed by atoms with E-state index in [2.05, 4.69) is 5.43 Å². The first-order valence-electron chi connectivity index (χ1n) is 4.76. The second-order valence-electron chi connectivity index (χ2n) is 3.20. The molecule has 7 nitrogen and oxygen atoms in total. The molecule has 1 unspecified atom stereocenters. The summed E-state index contributed by atoms with van der Waals surface area (Å²) in [7, 11) is 0. The lowest BCUT2D eigenvalue weighted by Crippen LogP contribution is -2.15. The predicted molar refractivity (Wildman–Crippen MR) is 64.7 cm³/mol. The zero-order valence-electron chi connectivity index (χ0n) is 8.87. The standard InChI is InChI=1S/C9H13N3O4S/c10-11-7-2-1-3-8(9(7)12(15)16)17-5-6(14)4-13/h1-3,6,11,13-14H,4-5,10H2. The molecule has 0 saturated heterocycles. The minimum Gasteiger partial charge on any atom is -0.394 e. The van der Waals surface area contributed by atoms with Crippen molar-refractivity contribution in [2.45, 2.75) is 11.0 Å². The molecule has 0 saturated carbocycles. The summed E-state index contributed by atoms with van der Waals surface area (Å²) < 4.78 is 0. The van der Waals surface area contributed by atoms with Crippen LogP contribution in [0.5, 0.6) is 0 Å². The number of thioether (sulfide) groups is 1. The van der Waals surface area contributed by atoms with Crippen LogP contribution >= 0.6 is 11.8 Å². The summed E-state index contributed by atoms with van der Waals surface area (Å²) in [6.07, 6.45) is -0.908. The summed E-state index contributed by atoms with van der Waals surface area (Å²) in [5, 5.41) is 28.8. The lowest BCUT2D eigenvalue weighted by atomic mass is 10.3. The van der Waals surface area contributed by atoms with Crippen LogP contribution < -0.4 is 11.3 Å². The van der Waals surface area contributed by atoms with Crippen LogP contribution in [-0.2, 0) is 0 Å². The first-order chi connectivity index (χ1) is 8.10. The normalized spacial score (nSPS) is 12.2. The number of nitrogens with two attached hydrogens (primary N) is 1. The molecule has 17 heavy (non-hydrogen) atoms. The third-order valence-corrected chi connectivity index (χ3v) is 3.17. The topological polar surface area (TPSA) is 122 Å². The van der Waals surface area contributed by atoms with Gasteiger partial charge in [0, 0.05) is 5.75 Å². The largest absolute Gasteiger partial charge is 0.394 e. The van der Waals surface area contributed by atoms with Crippen molar-refractivity contribution in [3.8, 4) is 0 Å². The Morgan fingerprint density at radius 3 is 2.82 bits per heavy atom. The highest BCUT2D eigenvalue weighted by Gasteiger charge is 2.20. The maximum absolute atomic E-state index is 10.9. The van der Waals surface area contributed by atoms with Crippen molar-refractivity contribution in [3.63, 3.8) is 0 Å². The molecule has 0 aromatic heterocycles. The van der Waals surface area contributed by atoms with Crippen LogP contribution in [0.15, 0.2) is 23.1 Å². The number of aliphatic hydroxyl groups excluding tert-OH is 2. The molecular weight excluding hydrogens is 246 g/mol. The van der Waals surface area contributed by atoms with Gasteiger partial charge in [-0.2, -0.15) is 0 Å².